The maximum Gasteiger partial charge on any atom is 0.111 e. The third kappa shape index (κ3) is 1.12. The number of rotatable bonds is 1. The summed E-state index contributed by atoms with van der Waals surface area (Å²) >= 11 is 0. The molecule has 72 valence electrons. The molecule has 0 amide bonds. The number of hydrogen-bond acceptors (Lipinski definition) is 2. The van der Waals surface area contributed by atoms with Crippen LogP contribution in [0.15, 0.2) is 18.3 Å². The van der Waals surface area contributed by atoms with Crippen LogP contribution >= 0.6 is 0 Å². The summed E-state index contributed by atoms with van der Waals surface area (Å²) in [7, 11) is 0. The van der Waals surface area contributed by atoms with Crippen LogP contribution in [0.3, 0.4) is 0 Å². The molecule has 14 heavy (non-hydrogen) atoms. The van der Waals surface area contributed by atoms with Gasteiger partial charge in [-0.05, 0) is 38.3 Å². The highest BCUT2D eigenvalue weighted by Gasteiger charge is 2.20. The molecule has 0 aliphatic heterocycles. The van der Waals surface area contributed by atoms with Crippen LogP contribution in [0.25, 0.3) is 11.0 Å². The van der Waals surface area contributed by atoms with Crippen molar-refractivity contribution in [1.82, 2.24) is 14.8 Å². The van der Waals surface area contributed by atoms with Crippen molar-refractivity contribution in [3.8, 4) is 0 Å². The van der Waals surface area contributed by atoms with E-state index in [-0.39, 0.29) is 0 Å². The zero-order chi connectivity index (χ0) is 9.54. The Kier molecular flexibility index (Phi) is 1.60. The molecule has 3 nitrogen and oxygen atoms in total. The minimum Gasteiger partial charge on any atom is -0.267 e. The van der Waals surface area contributed by atoms with E-state index in [1.165, 1.54) is 19.3 Å². The van der Waals surface area contributed by atoms with Gasteiger partial charge in [0.2, 0.25) is 0 Å². The standard InChI is InChI=1S/C11H13N3/c1-8-5-6-10-11(12-8)7-14(13-10)9-3-2-4-9/h5-7,9H,2-4H2,1H3. The van der Waals surface area contributed by atoms with Gasteiger partial charge in [0.25, 0.3) is 0 Å². The molecular formula is C11H13N3. The molecule has 3 rings (SSSR count). The van der Waals surface area contributed by atoms with Gasteiger partial charge in [0.05, 0.1) is 12.2 Å². The minimum absolute atomic E-state index is 0.629. The number of fused-ring (bicyclic) bond motifs is 1. The summed E-state index contributed by atoms with van der Waals surface area (Å²) in [6.07, 6.45) is 5.96. The number of pyridine rings is 1. The number of hydrogen-bond donors (Lipinski definition) is 0. The highest BCUT2D eigenvalue weighted by molar-refractivity contribution is 5.73. The van der Waals surface area contributed by atoms with E-state index in [0.29, 0.717) is 6.04 Å². The molecule has 0 aromatic carbocycles. The zero-order valence-electron chi connectivity index (χ0n) is 8.27. The zero-order valence-corrected chi connectivity index (χ0v) is 8.27. The first-order chi connectivity index (χ1) is 6.83. The van der Waals surface area contributed by atoms with E-state index in [1.54, 1.807) is 0 Å². The third-order valence-electron chi connectivity index (χ3n) is 2.97. The topological polar surface area (TPSA) is 30.7 Å². The van der Waals surface area contributed by atoms with E-state index in [1.807, 2.05) is 19.1 Å². The van der Waals surface area contributed by atoms with Crippen LogP contribution in [0.4, 0.5) is 0 Å². The summed E-state index contributed by atoms with van der Waals surface area (Å²) in [6.45, 7) is 2.01. The van der Waals surface area contributed by atoms with Crippen molar-refractivity contribution in [2.45, 2.75) is 32.2 Å². The van der Waals surface area contributed by atoms with Crippen LogP contribution in [0.2, 0.25) is 0 Å². The van der Waals surface area contributed by atoms with Crippen LogP contribution in [0, 0.1) is 6.92 Å². The van der Waals surface area contributed by atoms with Gasteiger partial charge in [-0.25, -0.2) is 4.98 Å². The summed E-state index contributed by atoms with van der Waals surface area (Å²) in [6, 6.07) is 4.69. The van der Waals surface area contributed by atoms with E-state index >= 15 is 0 Å². The van der Waals surface area contributed by atoms with Crippen molar-refractivity contribution < 1.29 is 0 Å². The Balaban J connectivity index is 2.10. The average molecular weight is 187 g/mol. The van der Waals surface area contributed by atoms with Crippen molar-refractivity contribution in [1.29, 1.82) is 0 Å². The lowest BCUT2D eigenvalue weighted by atomic mass is 9.93. The van der Waals surface area contributed by atoms with E-state index in [9.17, 15) is 0 Å². The molecule has 1 aliphatic rings. The van der Waals surface area contributed by atoms with Crippen molar-refractivity contribution in [2.24, 2.45) is 0 Å². The Labute approximate surface area is 82.8 Å². The summed E-state index contributed by atoms with van der Waals surface area (Å²) in [5.74, 6) is 0. The molecule has 0 N–H and O–H groups in total. The molecule has 2 heterocycles. The second-order valence-electron chi connectivity index (χ2n) is 4.05. The molecule has 0 atom stereocenters. The van der Waals surface area contributed by atoms with E-state index < -0.39 is 0 Å². The van der Waals surface area contributed by atoms with Gasteiger partial charge in [0.15, 0.2) is 0 Å². The Morgan fingerprint density at radius 2 is 2.14 bits per heavy atom. The average Bonchev–Trinajstić information content (AvgIpc) is 2.43. The van der Waals surface area contributed by atoms with Crippen molar-refractivity contribution in [2.75, 3.05) is 0 Å². The van der Waals surface area contributed by atoms with Crippen LogP contribution in [0.5, 0.6) is 0 Å². The Morgan fingerprint density at radius 3 is 2.86 bits per heavy atom. The second kappa shape index (κ2) is 2.80. The molecular weight excluding hydrogens is 174 g/mol. The number of aromatic nitrogens is 3. The van der Waals surface area contributed by atoms with Crippen molar-refractivity contribution in [3.05, 3.63) is 24.0 Å². The van der Waals surface area contributed by atoms with Gasteiger partial charge in [-0.2, -0.15) is 5.10 Å². The summed E-state index contributed by atoms with van der Waals surface area (Å²) in [5, 5.41) is 4.53. The molecule has 1 aliphatic carbocycles. The van der Waals surface area contributed by atoms with Gasteiger partial charge in [0, 0.05) is 5.69 Å². The van der Waals surface area contributed by atoms with Gasteiger partial charge in [-0.1, -0.05) is 0 Å². The first-order valence-corrected chi connectivity index (χ1v) is 5.15. The fourth-order valence-electron chi connectivity index (χ4n) is 1.87. The van der Waals surface area contributed by atoms with Crippen LogP contribution in [-0.2, 0) is 0 Å². The number of nitrogens with zero attached hydrogens (tertiary/aromatic N) is 3. The number of aryl methyl sites for hydroxylation is 1. The summed E-state index contributed by atoms with van der Waals surface area (Å²) < 4.78 is 2.08. The van der Waals surface area contributed by atoms with Gasteiger partial charge in [-0.15, -0.1) is 0 Å². The fourth-order valence-corrected chi connectivity index (χ4v) is 1.87. The van der Waals surface area contributed by atoms with Crippen molar-refractivity contribution in [3.63, 3.8) is 0 Å². The molecule has 1 saturated carbocycles. The molecule has 1 fully saturated rings. The van der Waals surface area contributed by atoms with E-state index in [2.05, 4.69) is 21.0 Å². The predicted molar refractivity (Wildman–Crippen MR) is 55.2 cm³/mol. The van der Waals surface area contributed by atoms with Crippen LogP contribution in [0.1, 0.15) is 31.0 Å². The quantitative estimate of drug-likeness (QED) is 0.686. The smallest absolute Gasteiger partial charge is 0.111 e. The molecule has 2 aromatic heterocycles. The lowest BCUT2D eigenvalue weighted by Crippen LogP contribution is -2.17. The predicted octanol–water partition coefficient (Wildman–Crippen LogP) is 2.46. The van der Waals surface area contributed by atoms with E-state index in [0.717, 1.165) is 16.7 Å². The fraction of sp³-hybridized carbons (Fsp3) is 0.455. The minimum atomic E-state index is 0.629. The molecule has 0 bridgehead atoms. The highest BCUT2D eigenvalue weighted by Crippen LogP contribution is 2.31. The Morgan fingerprint density at radius 1 is 1.29 bits per heavy atom. The lowest BCUT2D eigenvalue weighted by molar-refractivity contribution is 0.291. The van der Waals surface area contributed by atoms with Crippen LogP contribution < -0.4 is 0 Å². The van der Waals surface area contributed by atoms with Crippen LogP contribution in [-0.4, -0.2) is 14.8 Å². The molecule has 3 heteroatoms. The maximum atomic E-state index is 4.53. The summed E-state index contributed by atoms with van der Waals surface area (Å²) in [5.41, 5.74) is 3.10. The normalized spacial score (nSPS) is 17.2. The highest BCUT2D eigenvalue weighted by atomic mass is 15.3. The third-order valence-corrected chi connectivity index (χ3v) is 2.97. The lowest BCUT2D eigenvalue weighted by Gasteiger charge is -2.25. The van der Waals surface area contributed by atoms with Crippen molar-refractivity contribution >= 4 is 11.0 Å². The molecule has 2 aromatic rings. The second-order valence-corrected chi connectivity index (χ2v) is 4.05. The van der Waals surface area contributed by atoms with Gasteiger partial charge in [-0.3, -0.25) is 4.68 Å². The monoisotopic (exact) mass is 187 g/mol. The first kappa shape index (κ1) is 7.97. The molecule has 0 saturated heterocycles. The summed E-state index contributed by atoms with van der Waals surface area (Å²) in [4.78, 5) is 4.45. The van der Waals surface area contributed by atoms with E-state index in [4.69, 9.17) is 0 Å². The first-order valence-electron chi connectivity index (χ1n) is 5.15. The van der Waals surface area contributed by atoms with Gasteiger partial charge < -0.3 is 0 Å². The molecule has 0 spiro atoms. The maximum absolute atomic E-state index is 4.53. The molecule has 0 unspecified atom stereocenters. The van der Waals surface area contributed by atoms with Gasteiger partial charge in [0.1, 0.15) is 11.0 Å². The molecule has 0 radical (unpaired) electrons. The SMILES string of the molecule is Cc1ccc2nn(C3CCC3)cc2n1. The Bertz CT molecular complexity index is 468. The Hall–Kier alpha value is -1.38. The largest absolute Gasteiger partial charge is 0.267 e. The van der Waals surface area contributed by atoms with Gasteiger partial charge >= 0.3 is 0 Å².